The van der Waals surface area contributed by atoms with Gasteiger partial charge in [0.25, 0.3) is 0 Å². The number of piperidine rings is 1. The van der Waals surface area contributed by atoms with Crippen molar-refractivity contribution in [3.8, 4) is 0 Å². The van der Waals surface area contributed by atoms with E-state index in [0.717, 1.165) is 51.6 Å². The number of nitrogens with one attached hydrogen (secondary N) is 1. The zero-order chi connectivity index (χ0) is 15.5. The quantitative estimate of drug-likeness (QED) is 0.840. The third-order valence-electron chi connectivity index (χ3n) is 5.46. The maximum Gasteiger partial charge on any atom is 0.227 e. The van der Waals surface area contributed by atoms with Crippen LogP contribution in [0.2, 0.25) is 0 Å². The molecule has 1 heterocycles. The van der Waals surface area contributed by atoms with Crippen molar-refractivity contribution in [1.82, 2.24) is 10.2 Å². The van der Waals surface area contributed by atoms with E-state index in [9.17, 15) is 4.79 Å². The zero-order valence-corrected chi connectivity index (χ0v) is 14.1. The molecule has 0 aromatic carbocycles. The van der Waals surface area contributed by atoms with E-state index in [-0.39, 0.29) is 16.9 Å². The Morgan fingerprint density at radius 2 is 1.76 bits per heavy atom. The van der Waals surface area contributed by atoms with Gasteiger partial charge in [0.15, 0.2) is 0 Å². The fourth-order valence-electron chi connectivity index (χ4n) is 3.79. The number of likely N-dealkylation sites (tertiary alicyclic amines) is 1. The first-order valence-electron chi connectivity index (χ1n) is 8.63. The largest absolute Gasteiger partial charge is 0.353 e. The van der Waals surface area contributed by atoms with E-state index in [4.69, 9.17) is 5.73 Å². The Kier molecular flexibility index (Phi) is 5.31. The minimum atomic E-state index is -0.278. The molecule has 21 heavy (non-hydrogen) atoms. The summed E-state index contributed by atoms with van der Waals surface area (Å²) in [4.78, 5) is 15.2. The predicted octanol–water partition coefficient (Wildman–Crippen LogP) is 2.27. The summed E-state index contributed by atoms with van der Waals surface area (Å²) in [6.45, 7) is 9.43. The fourth-order valence-corrected chi connectivity index (χ4v) is 3.79. The molecular formula is C17H33N3O. The molecule has 0 atom stereocenters. The van der Waals surface area contributed by atoms with E-state index in [2.05, 4.69) is 31.0 Å². The van der Waals surface area contributed by atoms with E-state index in [1.54, 1.807) is 0 Å². The molecule has 2 aliphatic rings. The van der Waals surface area contributed by atoms with Gasteiger partial charge in [-0.1, -0.05) is 19.3 Å². The van der Waals surface area contributed by atoms with Gasteiger partial charge >= 0.3 is 0 Å². The summed E-state index contributed by atoms with van der Waals surface area (Å²) in [5, 5.41) is 3.31. The number of rotatable bonds is 3. The molecule has 0 aromatic rings. The molecule has 1 amide bonds. The Morgan fingerprint density at radius 1 is 1.19 bits per heavy atom. The van der Waals surface area contributed by atoms with Gasteiger partial charge in [-0.25, -0.2) is 0 Å². The van der Waals surface area contributed by atoms with Gasteiger partial charge < -0.3 is 11.1 Å². The molecule has 122 valence electrons. The van der Waals surface area contributed by atoms with Crippen LogP contribution >= 0.6 is 0 Å². The lowest BCUT2D eigenvalue weighted by Crippen LogP contribution is -2.54. The summed E-state index contributed by atoms with van der Waals surface area (Å²) in [7, 11) is 0. The molecule has 2 rings (SSSR count). The van der Waals surface area contributed by atoms with Crippen LogP contribution in [-0.4, -0.2) is 42.0 Å². The molecular weight excluding hydrogens is 262 g/mol. The van der Waals surface area contributed by atoms with Crippen molar-refractivity contribution in [2.24, 2.45) is 11.1 Å². The van der Waals surface area contributed by atoms with Gasteiger partial charge in [0.1, 0.15) is 0 Å². The third-order valence-corrected chi connectivity index (χ3v) is 5.46. The highest BCUT2D eigenvalue weighted by molar-refractivity contribution is 5.83. The van der Waals surface area contributed by atoms with E-state index in [0.29, 0.717) is 12.6 Å². The average Bonchev–Trinajstić information content (AvgIpc) is 2.47. The normalized spacial score (nSPS) is 24.8. The van der Waals surface area contributed by atoms with Gasteiger partial charge in [-0.3, -0.25) is 9.69 Å². The van der Waals surface area contributed by atoms with Crippen LogP contribution in [0.5, 0.6) is 0 Å². The molecule has 4 nitrogen and oxygen atoms in total. The lowest BCUT2D eigenvalue weighted by molar-refractivity contribution is -0.133. The first-order chi connectivity index (χ1) is 9.87. The second-order valence-electron chi connectivity index (χ2n) is 7.95. The monoisotopic (exact) mass is 295 g/mol. The Labute approximate surface area is 129 Å². The molecule has 0 spiro atoms. The number of nitrogens with two attached hydrogens (primary N) is 1. The SMILES string of the molecule is CC(C)(C)N1CCC(NC(=O)C2(CN)CCCCC2)CC1. The van der Waals surface area contributed by atoms with Gasteiger partial charge in [0, 0.05) is 31.2 Å². The summed E-state index contributed by atoms with van der Waals surface area (Å²) >= 11 is 0. The molecule has 4 heteroatoms. The number of nitrogens with zero attached hydrogens (tertiary/aromatic N) is 1. The van der Waals surface area contributed by atoms with Crippen molar-refractivity contribution in [2.45, 2.75) is 77.3 Å². The van der Waals surface area contributed by atoms with Gasteiger partial charge in [-0.05, 0) is 46.5 Å². The van der Waals surface area contributed by atoms with Crippen molar-refractivity contribution in [3.05, 3.63) is 0 Å². The summed E-state index contributed by atoms with van der Waals surface area (Å²) < 4.78 is 0. The third kappa shape index (κ3) is 3.98. The molecule has 1 saturated heterocycles. The molecule has 3 N–H and O–H groups in total. The van der Waals surface area contributed by atoms with E-state index in [1.165, 1.54) is 6.42 Å². The lowest BCUT2D eigenvalue weighted by atomic mass is 9.73. The summed E-state index contributed by atoms with van der Waals surface area (Å²) in [5.74, 6) is 0.221. The summed E-state index contributed by atoms with van der Waals surface area (Å²) in [6.07, 6.45) is 7.60. The average molecular weight is 295 g/mol. The number of carbonyl (C=O) groups excluding carboxylic acids is 1. The number of amides is 1. The van der Waals surface area contributed by atoms with Crippen molar-refractivity contribution < 1.29 is 4.79 Å². The lowest BCUT2D eigenvalue weighted by Gasteiger charge is -2.42. The Balaban J connectivity index is 1.86. The van der Waals surface area contributed by atoms with Gasteiger partial charge in [0.05, 0.1) is 5.41 Å². The van der Waals surface area contributed by atoms with Crippen molar-refractivity contribution in [2.75, 3.05) is 19.6 Å². The second kappa shape index (κ2) is 6.66. The highest BCUT2D eigenvalue weighted by atomic mass is 16.2. The van der Waals surface area contributed by atoms with Crippen LogP contribution < -0.4 is 11.1 Å². The van der Waals surface area contributed by atoms with Crippen LogP contribution in [0, 0.1) is 5.41 Å². The fraction of sp³-hybridized carbons (Fsp3) is 0.941. The second-order valence-corrected chi connectivity index (χ2v) is 7.95. The minimum absolute atomic E-state index is 0.221. The molecule has 0 bridgehead atoms. The van der Waals surface area contributed by atoms with Crippen molar-refractivity contribution in [1.29, 1.82) is 0 Å². The number of hydrogen-bond donors (Lipinski definition) is 2. The predicted molar refractivity (Wildman–Crippen MR) is 87.1 cm³/mol. The minimum Gasteiger partial charge on any atom is -0.353 e. The number of carbonyl (C=O) groups is 1. The van der Waals surface area contributed by atoms with Gasteiger partial charge in [-0.15, -0.1) is 0 Å². The summed E-state index contributed by atoms with van der Waals surface area (Å²) in [5.41, 5.74) is 5.91. The molecule has 1 aliphatic heterocycles. The molecule has 0 aromatic heterocycles. The standard InChI is InChI=1S/C17H33N3O/c1-16(2,3)20-11-7-14(8-12-20)19-15(21)17(13-18)9-5-4-6-10-17/h14H,4-13,18H2,1-3H3,(H,19,21). The smallest absolute Gasteiger partial charge is 0.227 e. The maximum atomic E-state index is 12.7. The van der Waals surface area contributed by atoms with Crippen LogP contribution in [0.1, 0.15) is 65.7 Å². The molecule has 0 radical (unpaired) electrons. The van der Waals surface area contributed by atoms with Gasteiger partial charge in [0.2, 0.25) is 5.91 Å². The number of hydrogen-bond acceptors (Lipinski definition) is 3. The van der Waals surface area contributed by atoms with Crippen molar-refractivity contribution >= 4 is 5.91 Å². The van der Waals surface area contributed by atoms with E-state index >= 15 is 0 Å². The molecule has 1 aliphatic carbocycles. The van der Waals surface area contributed by atoms with Crippen molar-refractivity contribution in [3.63, 3.8) is 0 Å². The molecule has 2 fully saturated rings. The topological polar surface area (TPSA) is 58.4 Å². The van der Waals surface area contributed by atoms with E-state index < -0.39 is 0 Å². The van der Waals surface area contributed by atoms with Crippen LogP contribution in [-0.2, 0) is 4.79 Å². The van der Waals surface area contributed by atoms with Crippen LogP contribution in [0.4, 0.5) is 0 Å². The van der Waals surface area contributed by atoms with Crippen LogP contribution in [0.15, 0.2) is 0 Å². The van der Waals surface area contributed by atoms with Crippen LogP contribution in [0.25, 0.3) is 0 Å². The maximum absolute atomic E-state index is 12.7. The Hall–Kier alpha value is -0.610. The highest BCUT2D eigenvalue weighted by Crippen LogP contribution is 2.36. The zero-order valence-electron chi connectivity index (χ0n) is 14.1. The molecule has 1 saturated carbocycles. The Bertz CT molecular complexity index is 348. The van der Waals surface area contributed by atoms with E-state index in [1.807, 2.05) is 0 Å². The highest BCUT2D eigenvalue weighted by Gasteiger charge is 2.39. The summed E-state index contributed by atoms with van der Waals surface area (Å²) in [6, 6.07) is 0.335. The molecule has 0 unspecified atom stereocenters. The van der Waals surface area contributed by atoms with Crippen LogP contribution in [0.3, 0.4) is 0 Å². The Morgan fingerprint density at radius 3 is 2.24 bits per heavy atom. The first-order valence-corrected chi connectivity index (χ1v) is 8.63. The van der Waals surface area contributed by atoms with Gasteiger partial charge in [-0.2, -0.15) is 0 Å². The first kappa shape index (κ1) is 16.8.